The third-order valence-corrected chi connectivity index (χ3v) is 3.66. The Labute approximate surface area is 138 Å². The molecule has 0 aromatic heterocycles. The molecule has 0 heterocycles. The number of nitrogens with one attached hydrogen (secondary N) is 1. The van der Waals surface area contributed by atoms with Crippen molar-refractivity contribution < 1.29 is 19.4 Å². The molecule has 0 aliphatic heterocycles. The standard InChI is InChI=1S/C17H16ClNO4/c1-23-17(22)13-8-7-12(9-15(13)18)19-16(21)14(10-20)11-5-3-2-4-6-11/h2-9,14,20H,10H2,1H3,(H,19,21). The van der Waals surface area contributed by atoms with E-state index in [0.29, 0.717) is 11.3 Å². The molecule has 1 unspecified atom stereocenters. The molecule has 0 aliphatic rings. The average Bonchev–Trinajstić information content (AvgIpc) is 2.56. The van der Waals surface area contributed by atoms with Crippen LogP contribution in [0.2, 0.25) is 5.02 Å². The summed E-state index contributed by atoms with van der Waals surface area (Å²) in [5.41, 5.74) is 1.36. The number of rotatable bonds is 5. The van der Waals surface area contributed by atoms with E-state index < -0.39 is 11.9 Å². The summed E-state index contributed by atoms with van der Waals surface area (Å²) < 4.78 is 4.61. The summed E-state index contributed by atoms with van der Waals surface area (Å²) in [5.74, 6) is -1.60. The minimum atomic E-state index is -0.685. The molecule has 120 valence electrons. The molecule has 0 saturated heterocycles. The van der Waals surface area contributed by atoms with Gasteiger partial charge in [-0.05, 0) is 23.8 Å². The van der Waals surface area contributed by atoms with Crippen LogP contribution in [0.1, 0.15) is 21.8 Å². The zero-order valence-electron chi connectivity index (χ0n) is 12.5. The van der Waals surface area contributed by atoms with Crippen LogP contribution in [0.3, 0.4) is 0 Å². The first-order valence-corrected chi connectivity index (χ1v) is 7.29. The molecule has 2 aromatic carbocycles. The molecule has 5 nitrogen and oxygen atoms in total. The minimum Gasteiger partial charge on any atom is -0.465 e. The molecule has 2 aromatic rings. The van der Waals surface area contributed by atoms with E-state index in [-0.39, 0.29) is 23.1 Å². The minimum absolute atomic E-state index is 0.176. The Balaban J connectivity index is 2.16. The van der Waals surface area contributed by atoms with Crippen molar-refractivity contribution in [2.24, 2.45) is 0 Å². The summed E-state index contributed by atoms with van der Waals surface area (Å²) in [6.07, 6.45) is 0. The second kappa shape index (κ2) is 7.76. The molecular formula is C17H16ClNO4. The van der Waals surface area contributed by atoms with Gasteiger partial charge in [0.2, 0.25) is 5.91 Å². The third-order valence-electron chi connectivity index (χ3n) is 3.34. The Morgan fingerprint density at radius 3 is 2.48 bits per heavy atom. The van der Waals surface area contributed by atoms with Crippen molar-refractivity contribution in [1.29, 1.82) is 0 Å². The topological polar surface area (TPSA) is 75.6 Å². The maximum atomic E-state index is 12.3. The number of methoxy groups -OCH3 is 1. The number of anilines is 1. The Hall–Kier alpha value is -2.37. The van der Waals surface area contributed by atoms with Gasteiger partial charge in [0.05, 0.1) is 30.2 Å². The molecule has 1 atom stereocenters. The van der Waals surface area contributed by atoms with Crippen LogP contribution < -0.4 is 5.32 Å². The molecule has 0 fully saturated rings. The lowest BCUT2D eigenvalue weighted by molar-refractivity contribution is -0.118. The number of aliphatic hydroxyl groups excluding tert-OH is 1. The summed E-state index contributed by atoms with van der Waals surface area (Å²) in [6.45, 7) is -0.316. The number of benzene rings is 2. The van der Waals surface area contributed by atoms with Gasteiger partial charge in [0.25, 0.3) is 0 Å². The van der Waals surface area contributed by atoms with Gasteiger partial charge in [0, 0.05) is 5.69 Å². The molecule has 0 aliphatic carbocycles. The van der Waals surface area contributed by atoms with Crippen LogP contribution in [0.25, 0.3) is 0 Å². The summed E-state index contributed by atoms with van der Waals surface area (Å²) >= 11 is 6.02. The highest BCUT2D eigenvalue weighted by atomic mass is 35.5. The predicted octanol–water partition coefficient (Wildman–Crippen LogP) is 2.84. The van der Waals surface area contributed by atoms with Gasteiger partial charge in [-0.15, -0.1) is 0 Å². The van der Waals surface area contributed by atoms with Crippen LogP contribution in [-0.4, -0.2) is 30.7 Å². The number of ether oxygens (including phenoxy) is 1. The van der Waals surface area contributed by atoms with Gasteiger partial charge >= 0.3 is 5.97 Å². The van der Waals surface area contributed by atoms with Crippen molar-refractivity contribution in [3.63, 3.8) is 0 Å². The lowest BCUT2D eigenvalue weighted by Gasteiger charge is -2.15. The van der Waals surface area contributed by atoms with Crippen LogP contribution in [0, 0.1) is 0 Å². The molecule has 6 heteroatoms. The number of carbonyl (C=O) groups is 2. The van der Waals surface area contributed by atoms with Crippen LogP contribution in [0.15, 0.2) is 48.5 Å². The predicted molar refractivity (Wildman–Crippen MR) is 87.7 cm³/mol. The van der Waals surface area contributed by atoms with Gasteiger partial charge in [0.15, 0.2) is 0 Å². The molecule has 23 heavy (non-hydrogen) atoms. The highest BCUT2D eigenvalue weighted by Crippen LogP contribution is 2.23. The summed E-state index contributed by atoms with van der Waals surface area (Å²) in [6, 6.07) is 13.5. The Morgan fingerprint density at radius 1 is 1.22 bits per heavy atom. The normalized spacial score (nSPS) is 11.6. The number of amides is 1. The van der Waals surface area contributed by atoms with E-state index in [1.165, 1.54) is 19.2 Å². The zero-order valence-corrected chi connectivity index (χ0v) is 13.2. The number of hydrogen-bond acceptors (Lipinski definition) is 4. The van der Waals surface area contributed by atoms with Gasteiger partial charge in [0.1, 0.15) is 0 Å². The fourth-order valence-electron chi connectivity index (χ4n) is 2.12. The summed E-state index contributed by atoms with van der Waals surface area (Å²) in [4.78, 5) is 23.8. The maximum absolute atomic E-state index is 12.3. The number of esters is 1. The highest BCUT2D eigenvalue weighted by Gasteiger charge is 2.20. The SMILES string of the molecule is COC(=O)c1ccc(NC(=O)C(CO)c2ccccc2)cc1Cl. The third kappa shape index (κ3) is 4.09. The van der Waals surface area contributed by atoms with Crippen molar-refractivity contribution in [3.8, 4) is 0 Å². The molecular weight excluding hydrogens is 318 g/mol. The van der Waals surface area contributed by atoms with Crippen molar-refractivity contribution in [2.75, 3.05) is 19.0 Å². The van der Waals surface area contributed by atoms with Crippen molar-refractivity contribution in [1.82, 2.24) is 0 Å². The largest absolute Gasteiger partial charge is 0.465 e. The van der Waals surface area contributed by atoms with Gasteiger partial charge in [-0.1, -0.05) is 41.9 Å². The lowest BCUT2D eigenvalue weighted by atomic mass is 9.99. The van der Waals surface area contributed by atoms with E-state index >= 15 is 0 Å². The van der Waals surface area contributed by atoms with Gasteiger partial charge in [-0.3, -0.25) is 4.79 Å². The van der Waals surface area contributed by atoms with Crippen molar-refractivity contribution >= 4 is 29.2 Å². The quantitative estimate of drug-likeness (QED) is 0.825. The number of aliphatic hydroxyl groups is 1. The molecule has 0 radical (unpaired) electrons. The van der Waals surface area contributed by atoms with E-state index in [4.69, 9.17) is 11.6 Å². The summed E-state index contributed by atoms with van der Waals surface area (Å²) in [7, 11) is 1.26. The highest BCUT2D eigenvalue weighted by molar-refractivity contribution is 6.34. The molecule has 1 amide bonds. The molecule has 0 spiro atoms. The van der Waals surface area contributed by atoms with E-state index in [2.05, 4.69) is 10.1 Å². The first kappa shape index (κ1) is 17.0. The van der Waals surface area contributed by atoms with Crippen LogP contribution in [-0.2, 0) is 9.53 Å². The molecule has 2 rings (SSSR count). The van der Waals surface area contributed by atoms with Crippen LogP contribution in [0.5, 0.6) is 0 Å². The lowest BCUT2D eigenvalue weighted by Crippen LogP contribution is -2.24. The second-order valence-electron chi connectivity index (χ2n) is 4.82. The smallest absolute Gasteiger partial charge is 0.339 e. The Kier molecular flexibility index (Phi) is 5.73. The average molecular weight is 334 g/mol. The van der Waals surface area contributed by atoms with Crippen LogP contribution in [0.4, 0.5) is 5.69 Å². The van der Waals surface area contributed by atoms with Crippen molar-refractivity contribution in [3.05, 3.63) is 64.7 Å². The molecule has 0 saturated carbocycles. The van der Waals surface area contributed by atoms with E-state index in [1.807, 2.05) is 6.07 Å². The second-order valence-corrected chi connectivity index (χ2v) is 5.23. The van der Waals surface area contributed by atoms with Gasteiger partial charge in [-0.25, -0.2) is 4.79 Å². The van der Waals surface area contributed by atoms with Gasteiger partial charge < -0.3 is 15.2 Å². The fraction of sp³-hybridized carbons (Fsp3) is 0.176. The Morgan fingerprint density at radius 2 is 1.91 bits per heavy atom. The van der Waals surface area contributed by atoms with E-state index in [9.17, 15) is 14.7 Å². The van der Waals surface area contributed by atoms with Crippen molar-refractivity contribution in [2.45, 2.75) is 5.92 Å². The van der Waals surface area contributed by atoms with E-state index in [1.54, 1.807) is 30.3 Å². The molecule has 0 bridgehead atoms. The number of carbonyl (C=O) groups excluding carboxylic acids is 2. The Bertz CT molecular complexity index is 703. The fourth-order valence-corrected chi connectivity index (χ4v) is 2.38. The van der Waals surface area contributed by atoms with E-state index in [0.717, 1.165) is 0 Å². The van der Waals surface area contributed by atoms with Crippen LogP contribution >= 0.6 is 11.6 Å². The summed E-state index contributed by atoms with van der Waals surface area (Å²) in [5, 5.41) is 12.3. The number of halogens is 1. The van der Waals surface area contributed by atoms with Gasteiger partial charge in [-0.2, -0.15) is 0 Å². The molecule has 2 N–H and O–H groups in total. The zero-order chi connectivity index (χ0) is 16.8. The maximum Gasteiger partial charge on any atom is 0.339 e. The monoisotopic (exact) mass is 333 g/mol. The first-order valence-electron chi connectivity index (χ1n) is 6.91. The first-order chi connectivity index (χ1) is 11.1. The number of hydrogen-bond donors (Lipinski definition) is 2.